The monoisotopic (exact) mass is 310 g/mol. The highest BCUT2D eigenvalue weighted by atomic mass is 32.2. The molecule has 0 aromatic carbocycles. The van der Waals surface area contributed by atoms with Crippen molar-refractivity contribution < 1.29 is 4.79 Å². The molecule has 0 bridgehead atoms. The number of amidine groups is 1. The molecule has 3 aliphatic rings. The Hall–Kier alpha value is -0.750. The third kappa shape index (κ3) is 4.13. The van der Waals surface area contributed by atoms with E-state index < -0.39 is 0 Å². The zero-order chi connectivity index (χ0) is 14.7. The van der Waals surface area contributed by atoms with E-state index in [0.717, 1.165) is 45.2 Å². The molecular weight excluding hydrogens is 284 g/mol. The Morgan fingerprint density at radius 3 is 2.67 bits per heavy atom. The molecule has 1 atom stereocenters. The first-order chi connectivity index (χ1) is 10.2. The number of amides is 1. The van der Waals surface area contributed by atoms with Crippen LogP contribution in [0.1, 0.15) is 26.2 Å². The van der Waals surface area contributed by atoms with E-state index >= 15 is 0 Å². The smallest absolute Gasteiger partial charge is 0.234 e. The van der Waals surface area contributed by atoms with E-state index in [1.54, 1.807) is 0 Å². The SMILES string of the molecule is CC1CN=C(N2CCN(CC(=O)NCC3CCC3)CC2)S1. The van der Waals surface area contributed by atoms with E-state index in [9.17, 15) is 4.79 Å². The fourth-order valence-corrected chi connectivity index (χ4v) is 3.94. The normalized spacial score (nSPS) is 27.4. The van der Waals surface area contributed by atoms with Crippen LogP contribution in [0.4, 0.5) is 0 Å². The molecule has 1 saturated carbocycles. The van der Waals surface area contributed by atoms with Crippen LogP contribution in [0.5, 0.6) is 0 Å². The second-order valence-electron chi connectivity index (χ2n) is 6.42. The summed E-state index contributed by atoms with van der Waals surface area (Å²) >= 11 is 1.89. The number of aliphatic imine (C=N–C) groups is 1. The molecule has 0 radical (unpaired) electrons. The van der Waals surface area contributed by atoms with Crippen molar-refractivity contribution >= 4 is 22.8 Å². The molecule has 2 fully saturated rings. The zero-order valence-electron chi connectivity index (χ0n) is 12.9. The van der Waals surface area contributed by atoms with Crippen LogP contribution in [-0.2, 0) is 4.79 Å². The molecule has 0 aromatic heterocycles. The highest BCUT2D eigenvalue weighted by Gasteiger charge is 2.25. The number of hydrogen-bond donors (Lipinski definition) is 1. The van der Waals surface area contributed by atoms with E-state index in [1.165, 1.54) is 24.4 Å². The molecule has 1 N–H and O–H groups in total. The minimum atomic E-state index is 0.191. The van der Waals surface area contributed by atoms with Crippen molar-refractivity contribution in [1.29, 1.82) is 0 Å². The summed E-state index contributed by atoms with van der Waals surface area (Å²) < 4.78 is 0. The highest BCUT2D eigenvalue weighted by Crippen LogP contribution is 2.25. The van der Waals surface area contributed by atoms with Crippen molar-refractivity contribution in [2.75, 3.05) is 45.8 Å². The number of carbonyl (C=O) groups is 1. The lowest BCUT2D eigenvalue weighted by Crippen LogP contribution is -2.50. The molecule has 2 aliphatic heterocycles. The maximum atomic E-state index is 11.9. The summed E-state index contributed by atoms with van der Waals surface area (Å²) in [6.07, 6.45) is 3.91. The van der Waals surface area contributed by atoms with Gasteiger partial charge in [0, 0.05) is 38.0 Å². The standard InChI is InChI=1S/C15H26N4OS/c1-12-9-17-15(21-12)19-7-5-18(6-8-19)11-14(20)16-10-13-3-2-4-13/h12-13H,2-11H2,1H3,(H,16,20). The van der Waals surface area contributed by atoms with Crippen molar-refractivity contribution in [3.05, 3.63) is 0 Å². The molecule has 1 aliphatic carbocycles. The average Bonchev–Trinajstić information content (AvgIpc) is 2.84. The third-order valence-corrected chi connectivity index (χ3v) is 5.76. The summed E-state index contributed by atoms with van der Waals surface area (Å²) in [5, 5.41) is 4.91. The molecule has 118 valence electrons. The number of piperazine rings is 1. The Balaban J connectivity index is 1.34. The van der Waals surface area contributed by atoms with E-state index in [1.807, 2.05) is 11.8 Å². The van der Waals surface area contributed by atoms with Gasteiger partial charge in [-0.05, 0) is 18.8 Å². The first-order valence-electron chi connectivity index (χ1n) is 8.16. The summed E-state index contributed by atoms with van der Waals surface area (Å²) in [7, 11) is 0. The summed E-state index contributed by atoms with van der Waals surface area (Å²) in [5.74, 6) is 0.932. The zero-order valence-corrected chi connectivity index (χ0v) is 13.7. The molecule has 3 rings (SSSR count). The van der Waals surface area contributed by atoms with Crippen LogP contribution in [0, 0.1) is 5.92 Å². The Kier molecular flexibility index (Phi) is 5.06. The maximum absolute atomic E-state index is 11.9. The van der Waals surface area contributed by atoms with Crippen LogP contribution in [0.25, 0.3) is 0 Å². The van der Waals surface area contributed by atoms with Gasteiger partial charge in [-0.3, -0.25) is 14.7 Å². The van der Waals surface area contributed by atoms with Crippen molar-refractivity contribution in [3.63, 3.8) is 0 Å². The van der Waals surface area contributed by atoms with Gasteiger partial charge in [0.2, 0.25) is 5.91 Å². The van der Waals surface area contributed by atoms with Crippen molar-refractivity contribution in [2.24, 2.45) is 10.9 Å². The van der Waals surface area contributed by atoms with Gasteiger partial charge < -0.3 is 10.2 Å². The Morgan fingerprint density at radius 2 is 2.10 bits per heavy atom. The Bertz CT molecular complexity index is 402. The number of rotatable bonds is 4. The molecule has 2 heterocycles. The first kappa shape index (κ1) is 15.2. The molecular formula is C15H26N4OS. The van der Waals surface area contributed by atoms with Gasteiger partial charge in [-0.1, -0.05) is 25.1 Å². The largest absolute Gasteiger partial charge is 0.355 e. The third-order valence-electron chi connectivity index (χ3n) is 4.61. The van der Waals surface area contributed by atoms with Crippen LogP contribution >= 0.6 is 11.8 Å². The first-order valence-corrected chi connectivity index (χ1v) is 9.04. The fraction of sp³-hybridized carbons (Fsp3) is 0.867. The molecule has 0 aromatic rings. The van der Waals surface area contributed by atoms with Crippen LogP contribution < -0.4 is 5.32 Å². The van der Waals surface area contributed by atoms with Gasteiger partial charge in [0.05, 0.1) is 13.1 Å². The van der Waals surface area contributed by atoms with Gasteiger partial charge >= 0.3 is 0 Å². The summed E-state index contributed by atoms with van der Waals surface area (Å²) in [6, 6.07) is 0. The molecule has 1 unspecified atom stereocenters. The van der Waals surface area contributed by atoms with Crippen LogP contribution in [0.2, 0.25) is 0 Å². The van der Waals surface area contributed by atoms with Gasteiger partial charge in [0.25, 0.3) is 0 Å². The number of nitrogens with zero attached hydrogens (tertiary/aromatic N) is 3. The lowest BCUT2D eigenvalue weighted by Gasteiger charge is -2.35. The van der Waals surface area contributed by atoms with Crippen molar-refractivity contribution in [2.45, 2.75) is 31.4 Å². The van der Waals surface area contributed by atoms with Crippen molar-refractivity contribution in [1.82, 2.24) is 15.1 Å². The molecule has 1 saturated heterocycles. The van der Waals surface area contributed by atoms with Gasteiger partial charge in [-0.25, -0.2) is 0 Å². The number of carbonyl (C=O) groups excluding carboxylic acids is 1. The number of nitrogens with one attached hydrogen (secondary N) is 1. The van der Waals surface area contributed by atoms with Gasteiger partial charge in [0.1, 0.15) is 0 Å². The van der Waals surface area contributed by atoms with Crippen molar-refractivity contribution in [3.8, 4) is 0 Å². The molecule has 6 heteroatoms. The number of hydrogen-bond acceptors (Lipinski definition) is 5. The summed E-state index contributed by atoms with van der Waals surface area (Å²) in [5.41, 5.74) is 0. The molecule has 0 spiro atoms. The fourth-order valence-electron chi connectivity index (χ4n) is 2.95. The quantitative estimate of drug-likeness (QED) is 0.842. The predicted octanol–water partition coefficient (Wildman–Crippen LogP) is 1.01. The van der Waals surface area contributed by atoms with E-state index in [2.05, 4.69) is 27.0 Å². The highest BCUT2D eigenvalue weighted by molar-refractivity contribution is 8.14. The lowest BCUT2D eigenvalue weighted by molar-refractivity contribution is -0.122. The van der Waals surface area contributed by atoms with Gasteiger partial charge in [0.15, 0.2) is 5.17 Å². The second kappa shape index (κ2) is 7.01. The summed E-state index contributed by atoms with van der Waals surface area (Å²) in [6.45, 7) is 8.52. The second-order valence-corrected chi connectivity index (χ2v) is 7.82. The molecule has 1 amide bonds. The molecule has 21 heavy (non-hydrogen) atoms. The number of thioether (sulfide) groups is 1. The molecule has 5 nitrogen and oxygen atoms in total. The summed E-state index contributed by atoms with van der Waals surface area (Å²) in [4.78, 5) is 21.2. The predicted molar refractivity (Wildman–Crippen MR) is 87.7 cm³/mol. The van der Waals surface area contributed by atoms with Crippen LogP contribution in [0.3, 0.4) is 0 Å². The Labute approximate surface area is 131 Å². The van der Waals surface area contributed by atoms with Crippen LogP contribution in [0.15, 0.2) is 4.99 Å². The van der Waals surface area contributed by atoms with Gasteiger partial charge in [-0.2, -0.15) is 0 Å². The minimum Gasteiger partial charge on any atom is -0.355 e. The van der Waals surface area contributed by atoms with Crippen LogP contribution in [-0.4, -0.2) is 71.9 Å². The van der Waals surface area contributed by atoms with E-state index in [0.29, 0.717) is 11.8 Å². The van der Waals surface area contributed by atoms with E-state index in [-0.39, 0.29) is 5.91 Å². The maximum Gasteiger partial charge on any atom is 0.234 e. The van der Waals surface area contributed by atoms with E-state index in [4.69, 9.17) is 0 Å². The average molecular weight is 310 g/mol. The van der Waals surface area contributed by atoms with Gasteiger partial charge in [-0.15, -0.1) is 0 Å². The lowest BCUT2D eigenvalue weighted by atomic mass is 9.85. The minimum absolute atomic E-state index is 0.191. The topological polar surface area (TPSA) is 47.9 Å². The Morgan fingerprint density at radius 1 is 1.33 bits per heavy atom.